The SMILES string of the molecule is Cc1cc(C)n(-c2ccc(CNC(=O)CCCn3c(=O)oc4ccccc43)c(C(F)(F)F)c2)n1. The Morgan fingerprint density at radius 1 is 1.12 bits per heavy atom. The fraction of sp³-hybridized carbons (Fsp3) is 0.292. The van der Waals surface area contributed by atoms with Crippen LogP contribution in [0.2, 0.25) is 0 Å². The fourth-order valence-electron chi connectivity index (χ4n) is 3.91. The molecule has 178 valence electrons. The zero-order chi connectivity index (χ0) is 24.5. The molecule has 0 bridgehead atoms. The van der Waals surface area contributed by atoms with Gasteiger partial charge in [-0.25, -0.2) is 9.48 Å². The van der Waals surface area contributed by atoms with Crippen molar-refractivity contribution >= 4 is 17.0 Å². The van der Waals surface area contributed by atoms with E-state index in [9.17, 15) is 22.8 Å². The molecule has 1 N–H and O–H groups in total. The number of hydrogen-bond donors (Lipinski definition) is 1. The number of para-hydroxylation sites is 2. The minimum atomic E-state index is -4.59. The van der Waals surface area contributed by atoms with Crippen LogP contribution in [0, 0.1) is 13.8 Å². The van der Waals surface area contributed by atoms with E-state index in [0.29, 0.717) is 28.9 Å². The Kier molecular flexibility index (Phi) is 6.32. The molecule has 4 rings (SSSR count). The van der Waals surface area contributed by atoms with Crippen molar-refractivity contribution in [1.82, 2.24) is 19.7 Å². The molecule has 2 aromatic carbocycles. The van der Waals surface area contributed by atoms with E-state index in [4.69, 9.17) is 4.42 Å². The Balaban J connectivity index is 1.41. The molecule has 0 atom stereocenters. The Morgan fingerprint density at radius 3 is 2.59 bits per heavy atom. The summed E-state index contributed by atoms with van der Waals surface area (Å²) in [6.45, 7) is 3.53. The molecule has 0 saturated heterocycles. The lowest BCUT2D eigenvalue weighted by Gasteiger charge is -2.16. The molecule has 2 aromatic heterocycles. The second-order valence-electron chi connectivity index (χ2n) is 8.05. The van der Waals surface area contributed by atoms with Crippen LogP contribution < -0.4 is 11.1 Å². The summed E-state index contributed by atoms with van der Waals surface area (Å²) in [5.41, 5.74) is 1.94. The molecular weight excluding hydrogens is 449 g/mol. The van der Waals surface area contributed by atoms with Gasteiger partial charge in [0.2, 0.25) is 5.91 Å². The number of rotatable bonds is 7. The van der Waals surface area contributed by atoms with Gasteiger partial charge in [0, 0.05) is 25.2 Å². The van der Waals surface area contributed by atoms with Crippen LogP contribution in [-0.4, -0.2) is 20.3 Å². The van der Waals surface area contributed by atoms with E-state index in [0.717, 1.165) is 11.8 Å². The molecular formula is C24H23F3N4O3. The van der Waals surface area contributed by atoms with E-state index in [1.54, 1.807) is 50.2 Å². The molecule has 0 aliphatic carbocycles. The molecule has 34 heavy (non-hydrogen) atoms. The first kappa shape index (κ1) is 23.3. The third-order valence-electron chi connectivity index (χ3n) is 5.49. The Bertz CT molecular complexity index is 1400. The number of nitrogens with zero attached hydrogens (tertiary/aromatic N) is 3. The van der Waals surface area contributed by atoms with E-state index in [2.05, 4.69) is 10.4 Å². The maximum atomic E-state index is 13.7. The van der Waals surface area contributed by atoms with Gasteiger partial charge in [-0.2, -0.15) is 18.3 Å². The van der Waals surface area contributed by atoms with Crippen LogP contribution >= 0.6 is 0 Å². The maximum Gasteiger partial charge on any atom is 0.419 e. The predicted molar refractivity (Wildman–Crippen MR) is 120 cm³/mol. The highest BCUT2D eigenvalue weighted by atomic mass is 19.4. The molecule has 0 radical (unpaired) electrons. The summed E-state index contributed by atoms with van der Waals surface area (Å²) in [5.74, 6) is -0.921. The van der Waals surface area contributed by atoms with Crippen LogP contribution in [0.5, 0.6) is 0 Å². The highest BCUT2D eigenvalue weighted by Crippen LogP contribution is 2.33. The molecule has 0 aliphatic heterocycles. The van der Waals surface area contributed by atoms with Crippen LogP contribution in [0.3, 0.4) is 0 Å². The molecule has 10 heteroatoms. The summed E-state index contributed by atoms with van der Waals surface area (Å²) in [5, 5.41) is 6.78. The molecule has 0 fully saturated rings. The highest BCUT2D eigenvalue weighted by molar-refractivity contribution is 5.76. The van der Waals surface area contributed by atoms with Gasteiger partial charge in [0.15, 0.2) is 5.58 Å². The van der Waals surface area contributed by atoms with Crippen LogP contribution in [0.15, 0.2) is 57.7 Å². The number of halogens is 3. The van der Waals surface area contributed by atoms with Crippen LogP contribution in [0.1, 0.15) is 35.4 Å². The monoisotopic (exact) mass is 472 g/mol. The van der Waals surface area contributed by atoms with Crippen molar-refractivity contribution in [2.24, 2.45) is 0 Å². The van der Waals surface area contributed by atoms with Gasteiger partial charge in [0.1, 0.15) is 0 Å². The number of amides is 1. The van der Waals surface area contributed by atoms with Gasteiger partial charge >= 0.3 is 11.9 Å². The fourth-order valence-corrected chi connectivity index (χ4v) is 3.91. The van der Waals surface area contributed by atoms with E-state index in [1.165, 1.54) is 15.3 Å². The average molecular weight is 472 g/mol. The first-order valence-corrected chi connectivity index (χ1v) is 10.7. The summed E-state index contributed by atoms with van der Waals surface area (Å²) in [7, 11) is 0. The molecule has 0 spiro atoms. The zero-order valence-electron chi connectivity index (χ0n) is 18.6. The number of aryl methyl sites for hydroxylation is 3. The summed E-state index contributed by atoms with van der Waals surface area (Å²) in [6, 6.07) is 12.7. The quantitative estimate of drug-likeness (QED) is 0.429. The van der Waals surface area contributed by atoms with Crippen molar-refractivity contribution in [2.45, 2.75) is 46.0 Å². The van der Waals surface area contributed by atoms with E-state index in [-0.39, 0.29) is 25.1 Å². The van der Waals surface area contributed by atoms with Gasteiger partial charge < -0.3 is 9.73 Å². The lowest BCUT2D eigenvalue weighted by Crippen LogP contribution is -2.25. The van der Waals surface area contributed by atoms with E-state index >= 15 is 0 Å². The molecule has 2 heterocycles. The minimum Gasteiger partial charge on any atom is -0.408 e. The first-order chi connectivity index (χ1) is 16.1. The number of carbonyl (C=O) groups excluding carboxylic acids is 1. The average Bonchev–Trinajstić information content (AvgIpc) is 3.29. The smallest absolute Gasteiger partial charge is 0.408 e. The Morgan fingerprint density at radius 2 is 1.88 bits per heavy atom. The van der Waals surface area contributed by atoms with Crippen molar-refractivity contribution in [3.8, 4) is 5.69 Å². The van der Waals surface area contributed by atoms with Gasteiger partial charge in [-0.05, 0) is 56.2 Å². The second kappa shape index (κ2) is 9.20. The molecule has 7 nitrogen and oxygen atoms in total. The second-order valence-corrected chi connectivity index (χ2v) is 8.05. The van der Waals surface area contributed by atoms with Crippen molar-refractivity contribution in [3.05, 3.63) is 81.6 Å². The summed E-state index contributed by atoms with van der Waals surface area (Å²) in [4.78, 5) is 24.3. The molecule has 1 amide bonds. The van der Waals surface area contributed by atoms with Crippen molar-refractivity contribution < 1.29 is 22.4 Å². The van der Waals surface area contributed by atoms with Crippen molar-refractivity contribution in [1.29, 1.82) is 0 Å². The third-order valence-corrected chi connectivity index (χ3v) is 5.49. The van der Waals surface area contributed by atoms with Gasteiger partial charge in [0.25, 0.3) is 0 Å². The normalized spacial score (nSPS) is 11.8. The van der Waals surface area contributed by atoms with Gasteiger partial charge in [0.05, 0.1) is 22.5 Å². The Labute approximate surface area is 192 Å². The number of carbonyl (C=O) groups is 1. The number of aromatic nitrogens is 3. The molecule has 0 saturated carbocycles. The number of nitrogens with one attached hydrogen (secondary N) is 1. The summed E-state index contributed by atoms with van der Waals surface area (Å²) >= 11 is 0. The van der Waals surface area contributed by atoms with Gasteiger partial charge in [-0.3, -0.25) is 9.36 Å². The van der Waals surface area contributed by atoms with Crippen molar-refractivity contribution in [2.75, 3.05) is 0 Å². The zero-order valence-corrected chi connectivity index (χ0v) is 18.6. The lowest BCUT2D eigenvalue weighted by molar-refractivity contribution is -0.138. The number of hydrogen-bond acceptors (Lipinski definition) is 4. The summed E-state index contributed by atoms with van der Waals surface area (Å²) in [6.07, 6.45) is -4.20. The summed E-state index contributed by atoms with van der Waals surface area (Å²) < 4.78 is 49.2. The van der Waals surface area contributed by atoms with Gasteiger partial charge in [-0.15, -0.1) is 0 Å². The van der Waals surface area contributed by atoms with Crippen LogP contribution in [0.4, 0.5) is 13.2 Å². The molecule has 0 aliphatic rings. The Hall–Kier alpha value is -3.82. The van der Waals surface area contributed by atoms with Crippen LogP contribution in [0.25, 0.3) is 16.8 Å². The number of oxazole rings is 1. The highest BCUT2D eigenvalue weighted by Gasteiger charge is 2.34. The third kappa shape index (κ3) is 4.90. The minimum absolute atomic E-state index is 0.0387. The standard InChI is InChI=1S/C24H23F3N4O3/c1-15-12-16(2)31(29-15)18-10-9-17(19(13-18)24(25,26)27)14-28-22(32)8-5-11-30-20-6-3-4-7-21(20)34-23(30)33/h3-4,6-7,9-10,12-13H,5,8,11,14H2,1-2H3,(H,28,32). The number of fused-ring (bicyclic) bond motifs is 1. The topological polar surface area (TPSA) is 82.1 Å². The molecule has 0 unspecified atom stereocenters. The lowest BCUT2D eigenvalue weighted by atomic mass is 10.1. The van der Waals surface area contributed by atoms with Gasteiger partial charge in [-0.1, -0.05) is 18.2 Å². The van der Waals surface area contributed by atoms with E-state index < -0.39 is 23.4 Å². The van der Waals surface area contributed by atoms with Crippen molar-refractivity contribution in [3.63, 3.8) is 0 Å². The number of alkyl halides is 3. The first-order valence-electron chi connectivity index (χ1n) is 10.7. The van der Waals surface area contributed by atoms with E-state index in [1.807, 2.05) is 0 Å². The predicted octanol–water partition coefficient (Wildman–Crippen LogP) is 4.51. The van der Waals surface area contributed by atoms with Crippen LogP contribution in [-0.2, 0) is 24.1 Å². The number of benzene rings is 2. The largest absolute Gasteiger partial charge is 0.419 e. The molecule has 4 aromatic rings. The maximum absolute atomic E-state index is 13.7.